The maximum absolute atomic E-state index is 11.8. The van der Waals surface area contributed by atoms with Crippen molar-refractivity contribution in [3.63, 3.8) is 0 Å². The molecule has 0 bridgehead atoms. The van der Waals surface area contributed by atoms with Gasteiger partial charge < -0.3 is 15.7 Å². The normalized spacial score (nSPS) is 30.3. The summed E-state index contributed by atoms with van der Waals surface area (Å²) in [6, 6.07) is 0.183. The number of carbonyl (C=O) groups excluding carboxylic acids is 1. The summed E-state index contributed by atoms with van der Waals surface area (Å²) in [7, 11) is 0. The van der Waals surface area contributed by atoms with E-state index in [-0.39, 0.29) is 6.03 Å². The summed E-state index contributed by atoms with van der Waals surface area (Å²) < 4.78 is 0. The molecule has 18 heavy (non-hydrogen) atoms. The van der Waals surface area contributed by atoms with E-state index in [0.29, 0.717) is 17.8 Å². The Morgan fingerprint density at radius 3 is 2.72 bits per heavy atom. The molecule has 0 aromatic rings. The number of hydrogen-bond acceptors (Lipinski definition) is 3. The molecule has 0 aliphatic heterocycles. The molecule has 0 saturated heterocycles. The van der Waals surface area contributed by atoms with Crippen LogP contribution in [0.15, 0.2) is 0 Å². The molecule has 104 valence electrons. The third-order valence-electron chi connectivity index (χ3n) is 4.17. The van der Waals surface area contributed by atoms with Crippen LogP contribution in [0.3, 0.4) is 0 Å². The average molecular weight is 272 g/mol. The van der Waals surface area contributed by atoms with Gasteiger partial charge in [0.2, 0.25) is 0 Å². The van der Waals surface area contributed by atoms with Crippen LogP contribution in [0.25, 0.3) is 0 Å². The Morgan fingerprint density at radius 2 is 2.11 bits per heavy atom. The van der Waals surface area contributed by atoms with E-state index in [1.165, 1.54) is 6.42 Å². The Hall–Kier alpha value is -0.420. The Balaban J connectivity index is 1.66. The molecule has 5 heteroatoms. The molecule has 2 fully saturated rings. The average Bonchev–Trinajstić information content (AvgIpc) is 2.96. The molecule has 0 spiro atoms. The van der Waals surface area contributed by atoms with Crippen molar-refractivity contribution in [2.45, 2.75) is 61.8 Å². The first-order valence-electron chi connectivity index (χ1n) is 6.91. The molecule has 2 amide bonds. The summed E-state index contributed by atoms with van der Waals surface area (Å²) in [4.78, 5) is 11.8. The van der Waals surface area contributed by atoms with Gasteiger partial charge in [-0.3, -0.25) is 0 Å². The summed E-state index contributed by atoms with van der Waals surface area (Å²) in [6.07, 6.45) is 9.22. The van der Waals surface area contributed by atoms with Gasteiger partial charge in [-0.05, 0) is 38.4 Å². The maximum atomic E-state index is 11.8. The van der Waals surface area contributed by atoms with E-state index in [4.69, 9.17) is 0 Å². The maximum Gasteiger partial charge on any atom is 0.315 e. The minimum atomic E-state index is -0.658. The van der Waals surface area contributed by atoms with Crippen molar-refractivity contribution in [1.29, 1.82) is 0 Å². The number of thioether (sulfide) groups is 1. The van der Waals surface area contributed by atoms with E-state index < -0.39 is 5.60 Å². The molecule has 3 N–H and O–H groups in total. The molecule has 2 aliphatic rings. The molecule has 2 rings (SSSR count). The number of nitrogens with one attached hydrogen (secondary N) is 2. The molecule has 2 atom stereocenters. The number of hydrogen-bond donors (Lipinski definition) is 3. The van der Waals surface area contributed by atoms with Crippen LogP contribution in [0.1, 0.15) is 44.9 Å². The second-order valence-corrected chi connectivity index (χ2v) is 6.76. The molecule has 4 nitrogen and oxygen atoms in total. The van der Waals surface area contributed by atoms with Crippen LogP contribution in [-0.4, -0.2) is 40.8 Å². The van der Waals surface area contributed by atoms with Gasteiger partial charge in [-0.15, -0.1) is 0 Å². The molecule has 2 unspecified atom stereocenters. The van der Waals surface area contributed by atoms with Crippen LogP contribution >= 0.6 is 11.8 Å². The lowest BCUT2D eigenvalue weighted by Gasteiger charge is -2.23. The number of rotatable bonds is 4. The Labute approximate surface area is 113 Å². The van der Waals surface area contributed by atoms with Crippen LogP contribution in [-0.2, 0) is 0 Å². The lowest BCUT2D eigenvalue weighted by atomic mass is 10.0. The van der Waals surface area contributed by atoms with E-state index in [1.807, 2.05) is 11.8 Å². The van der Waals surface area contributed by atoms with Gasteiger partial charge in [0.05, 0.1) is 5.60 Å². The summed E-state index contributed by atoms with van der Waals surface area (Å²) in [5.74, 6) is 0. The van der Waals surface area contributed by atoms with Gasteiger partial charge in [-0.1, -0.05) is 12.8 Å². The number of urea groups is 1. The third kappa shape index (κ3) is 3.79. The largest absolute Gasteiger partial charge is 0.388 e. The fourth-order valence-electron chi connectivity index (χ4n) is 2.98. The van der Waals surface area contributed by atoms with Crippen molar-refractivity contribution in [3.05, 3.63) is 0 Å². The predicted octanol–water partition coefficient (Wildman–Crippen LogP) is 1.87. The van der Waals surface area contributed by atoms with Crippen molar-refractivity contribution in [3.8, 4) is 0 Å². The van der Waals surface area contributed by atoms with Crippen LogP contribution in [0.4, 0.5) is 4.79 Å². The lowest BCUT2D eigenvalue weighted by molar-refractivity contribution is 0.0500. The van der Waals surface area contributed by atoms with Gasteiger partial charge in [0.25, 0.3) is 0 Å². The van der Waals surface area contributed by atoms with Gasteiger partial charge in [0.1, 0.15) is 0 Å². The zero-order valence-electron chi connectivity index (χ0n) is 11.1. The highest BCUT2D eigenvalue weighted by Gasteiger charge is 2.32. The van der Waals surface area contributed by atoms with Gasteiger partial charge >= 0.3 is 6.03 Å². The lowest BCUT2D eigenvalue weighted by Crippen LogP contribution is -2.47. The number of amides is 2. The van der Waals surface area contributed by atoms with Gasteiger partial charge in [-0.2, -0.15) is 11.8 Å². The van der Waals surface area contributed by atoms with E-state index in [2.05, 4.69) is 16.9 Å². The number of carbonyl (C=O) groups is 1. The third-order valence-corrected chi connectivity index (χ3v) is 5.26. The minimum Gasteiger partial charge on any atom is -0.388 e. The van der Waals surface area contributed by atoms with Gasteiger partial charge in [0, 0.05) is 17.8 Å². The topological polar surface area (TPSA) is 61.4 Å². The van der Waals surface area contributed by atoms with E-state index >= 15 is 0 Å². The smallest absolute Gasteiger partial charge is 0.315 e. The highest BCUT2D eigenvalue weighted by Crippen LogP contribution is 2.29. The van der Waals surface area contributed by atoms with Crippen molar-refractivity contribution in [2.24, 2.45) is 0 Å². The second-order valence-electron chi connectivity index (χ2n) is 5.63. The standard InChI is InChI=1S/C13H24N2O2S/c1-18-11-5-4-10(8-11)15-12(16)14-9-13(17)6-2-3-7-13/h10-11,17H,2-9H2,1H3,(H2,14,15,16). The van der Waals surface area contributed by atoms with Crippen molar-refractivity contribution in [1.82, 2.24) is 10.6 Å². The molecular formula is C13H24N2O2S. The molecule has 0 aromatic carbocycles. The van der Waals surface area contributed by atoms with Crippen molar-refractivity contribution >= 4 is 17.8 Å². The van der Waals surface area contributed by atoms with Crippen LogP contribution in [0.2, 0.25) is 0 Å². The van der Waals surface area contributed by atoms with E-state index in [9.17, 15) is 9.90 Å². The summed E-state index contributed by atoms with van der Waals surface area (Å²) in [5.41, 5.74) is -0.658. The van der Waals surface area contributed by atoms with E-state index in [0.717, 1.165) is 38.5 Å². The predicted molar refractivity (Wildman–Crippen MR) is 74.9 cm³/mol. The SMILES string of the molecule is CSC1CCC(NC(=O)NCC2(O)CCCC2)C1. The number of aliphatic hydroxyl groups is 1. The highest BCUT2D eigenvalue weighted by atomic mass is 32.2. The Bertz CT molecular complexity index is 293. The summed E-state index contributed by atoms with van der Waals surface area (Å²) in [6.45, 7) is 0.386. The molecule has 2 saturated carbocycles. The first-order valence-corrected chi connectivity index (χ1v) is 8.20. The molecular weight excluding hydrogens is 248 g/mol. The Kier molecular flexibility index (Phi) is 4.78. The molecule has 2 aliphatic carbocycles. The van der Waals surface area contributed by atoms with Crippen LogP contribution < -0.4 is 10.6 Å². The summed E-state index contributed by atoms with van der Waals surface area (Å²) in [5, 5.41) is 16.7. The van der Waals surface area contributed by atoms with Gasteiger partial charge in [-0.25, -0.2) is 4.79 Å². The zero-order valence-corrected chi connectivity index (χ0v) is 11.9. The fourth-order valence-corrected chi connectivity index (χ4v) is 3.77. The summed E-state index contributed by atoms with van der Waals surface area (Å²) >= 11 is 1.88. The van der Waals surface area contributed by atoms with Crippen LogP contribution in [0.5, 0.6) is 0 Å². The molecule has 0 aromatic heterocycles. The minimum absolute atomic E-state index is 0.123. The van der Waals surface area contributed by atoms with Crippen molar-refractivity contribution < 1.29 is 9.90 Å². The zero-order chi connectivity index (χ0) is 13.0. The fraction of sp³-hybridized carbons (Fsp3) is 0.923. The first-order chi connectivity index (χ1) is 8.61. The van der Waals surface area contributed by atoms with Crippen molar-refractivity contribution in [2.75, 3.05) is 12.8 Å². The molecule has 0 radical (unpaired) electrons. The monoisotopic (exact) mass is 272 g/mol. The highest BCUT2D eigenvalue weighted by molar-refractivity contribution is 7.99. The second kappa shape index (κ2) is 6.15. The quantitative estimate of drug-likeness (QED) is 0.732. The molecule has 0 heterocycles. The van der Waals surface area contributed by atoms with E-state index in [1.54, 1.807) is 0 Å². The first kappa shape index (κ1) is 14.0. The van der Waals surface area contributed by atoms with Crippen LogP contribution in [0, 0.1) is 0 Å². The van der Waals surface area contributed by atoms with Gasteiger partial charge in [0.15, 0.2) is 0 Å². The Morgan fingerprint density at radius 1 is 1.39 bits per heavy atom.